The zero-order chi connectivity index (χ0) is 13.5. The normalized spacial score (nSPS) is 12.2. The Morgan fingerprint density at radius 3 is 3.00 bits per heavy atom. The number of rotatable bonds is 4. The minimum atomic E-state index is -3.71. The van der Waals surface area contributed by atoms with E-state index in [1.165, 1.54) is 27.1 Å². The van der Waals surface area contributed by atoms with Crippen LogP contribution in [0.15, 0.2) is 28.3 Å². The fourth-order valence-electron chi connectivity index (χ4n) is 1.61. The third kappa shape index (κ3) is 2.23. The smallest absolute Gasteiger partial charge is 0.260 e. The molecule has 0 bridgehead atoms. The summed E-state index contributed by atoms with van der Waals surface area (Å²) in [4.78, 5) is 9.28. The molecule has 100 valence electrons. The van der Waals surface area contributed by atoms with Gasteiger partial charge in [0.05, 0.1) is 5.51 Å². The lowest BCUT2D eigenvalue weighted by Crippen LogP contribution is -2.24. The van der Waals surface area contributed by atoms with E-state index in [1.807, 2.05) is 0 Å². The second kappa shape index (κ2) is 4.56. The number of imidazole rings is 1. The van der Waals surface area contributed by atoms with E-state index in [2.05, 4.69) is 14.7 Å². The predicted octanol–water partition coefficient (Wildman–Crippen LogP) is 0.913. The molecule has 3 heterocycles. The first-order chi connectivity index (χ1) is 9.08. The van der Waals surface area contributed by atoms with Crippen molar-refractivity contribution >= 4 is 43.5 Å². The number of anilines is 1. The van der Waals surface area contributed by atoms with Crippen LogP contribution in [0.2, 0.25) is 0 Å². The molecule has 0 radical (unpaired) electrons. The number of aromatic nitrogens is 3. The molecule has 19 heavy (non-hydrogen) atoms. The first kappa shape index (κ1) is 12.5. The van der Waals surface area contributed by atoms with E-state index >= 15 is 0 Å². The molecule has 10 heteroatoms. The Labute approximate surface area is 116 Å². The number of hydrogen-bond acceptors (Lipinski definition) is 7. The summed E-state index contributed by atoms with van der Waals surface area (Å²) in [5.41, 5.74) is 7.33. The average Bonchev–Trinajstić information content (AvgIpc) is 3.01. The van der Waals surface area contributed by atoms with Crippen molar-refractivity contribution in [2.24, 2.45) is 0 Å². The standard InChI is InChI=1S/C9H9N5O2S3/c10-7-8(14-1-2-17-9(14)13-7)19(15,16)12-4-6-3-11-5-18-6/h1-3,5,12H,4,10H2. The van der Waals surface area contributed by atoms with Crippen LogP contribution in [0.4, 0.5) is 5.82 Å². The number of fused-ring (bicyclic) bond motifs is 1. The summed E-state index contributed by atoms with van der Waals surface area (Å²) >= 11 is 2.71. The molecule has 3 aromatic heterocycles. The highest BCUT2D eigenvalue weighted by Crippen LogP contribution is 2.23. The van der Waals surface area contributed by atoms with Crippen LogP contribution in [0, 0.1) is 0 Å². The van der Waals surface area contributed by atoms with E-state index in [-0.39, 0.29) is 17.4 Å². The number of hydrogen-bond donors (Lipinski definition) is 2. The molecular weight excluding hydrogens is 306 g/mol. The highest BCUT2D eigenvalue weighted by Gasteiger charge is 2.24. The SMILES string of the molecule is Nc1nc2sccn2c1S(=O)(=O)NCc1cncs1. The van der Waals surface area contributed by atoms with Crippen LogP contribution in [-0.4, -0.2) is 22.8 Å². The van der Waals surface area contributed by atoms with E-state index < -0.39 is 10.0 Å². The number of thiazole rings is 2. The molecule has 3 N–H and O–H groups in total. The van der Waals surface area contributed by atoms with Gasteiger partial charge in [0.1, 0.15) is 0 Å². The second-order valence-electron chi connectivity index (χ2n) is 3.65. The number of nitrogens with zero attached hydrogens (tertiary/aromatic N) is 3. The van der Waals surface area contributed by atoms with Gasteiger partial charge in [-0.1, -0.05) is 0 Å². The van der Waals surface area contributed by atoms with Gasteiger partial charge in [0, 0.05) is 29.2 Å². The fraction of sp³-hybridized carbons (Fsp3) is 0.111. The van der Waals surface area contributed by atoms with Crippen LogP contribution in [0.1, 0.15) is 4.88 Å². The molecule has 0 unspecified atom stereocenters. The Morgan fingerprint density at radius 2 is 2.26 bits per heavy atom. The van der Waals surface area contributed by atoms with Crippen LogP contribution in [0.3, 0.4) is 0 Å². The number of nitrogen functional groups attached to an aromatic ring is 1. The second-order valence-corrected chi connectivity index (χ2v) is 7.18. The van der Waals surface area contributed by atoms with E-state index in [4.69, 9.17) is 5.73 Å². The Hall–Kier alpha value is -1.49. The third-order valence-electron chi connectivity index (χ3n) is 2.42. The maximum atomic E-state index is 12.3. The van der Waals surface area contributed by atoms with Gasteiger partial charge in [-0.3, -0.25) is 9.38 Å². The average molecular weight is 315 g/mol. The summed E-state index contributed by atoms with van der Waals surface area (Å²) in [6.07, 6.45) is 3.25. The first-order valence-electron chi connectivity index (χ1n) is 5.16. The number of nitrogens with one attached hydrogen (secondary N) is 1. The highest BCUT2D eigenvalue weighted by molar-refractivity contribution is 7.89. The lowest BCUT2D eigenvalue weighted by molar-refractivity contribution is 0.577. The molecule has 0 saturated heterocycles. The van der Waals surface area contributed by atoms with Crippen LogP contribution < -0.4 is 10.5 Å². The van der Waals surface area contributed by atoms with E-state index in [0.29, 0.717) is 4.96 Å². The Morgan fingerprint density at radius 1 is 1.42 bits per heavy atom. The Bertz CT molecular complexity index is 802. The van der Waals surface area contributed by atoms with Gasteiger partial charge < -0.3 is 5.73 Å². The van der Waals surface area contributed by atoms with Crippen molar-refractivity contribution in [3.05, 3.63) is 28.2 Å². The van der Waals surface area contributed by atoms with Crippen molar-refractivity contribution < 1.29 is 8.42 Å². The zero-order valence-corrected chi connectivity index (χ0v) is 11.9. The van der Waals surface area contributed by atoms with Gasteiger partial charge in [-0.2, -0.15) is 0 Å². The van der Waals surface area contributed by atoms with E-state index in [9.17, 15) is 8.42 Å². The molecule has 0 aliphatic carbocycles. The first-order valence-corrected chi connectivity index (χ1v) is 8.40. The van der Waals surface area contributed by atoms with Gasteiger partial charge in [0.15, 0.2) is 15.8 Å². The Kier molecular flexibility index (Phi) is 3.01. The minimum Gasteiger partial charge on any atom is -0.381 e. The van der Waals surface area contributed by atoms with Crippen LogP contribution in [-0.2, 0) is 16.6 Å². The third-order valence-corrected chi connectivity index (χ3v) is 5.39. The molecule has 3 rings (SSSR count). The summed E-state index contributed by atoms with van der Waals surface area (Å²) in [5.74, 6) is 0.00338. The van der Waals surface area contributed by atoms with Crippen molar-refractivity contribution in [1.82, 2.24) is 19.1 Å². The molecule has 0 amide bonds. The predicted molar refractivity (Wildman–Crippen MR) is 73.6 cm³/mol. The van der Waals surface area contributed by atoms with Gasteiger partial charge in [-0.05, 0) is 0 Å². The zero-order valence-electron chi connectivity index (χ0n) is 9.48. The summed E-state index contributed by atoms with van der Waals surface area (Å²) in [6.45, 7) is 0.184. The maximum absolute atomic E-state index is 12.3. The van der Waals surface area contributed by atoms with Crippen molar-refractivity contribution in [3.8, 4) is 0 Å². The van der Waals surface area contributed by atoms with Crippen LogP contribution in [0.25, 0.3) is 4.96 Å². The molecule has 0 fully saturated rings. The molecule has 3 aromatic rings. The number of nitrogens with two attached hydrogens (primary N) is 1. The summed E-state index contributed by atoms with van der Waals surface area (Å²) in [7, 11) is -3.71. The molecule has 0 spiro atoms. The van der Waals surface area contributed by atoms with Gasteiger partial charge in [0.2, 0.25) is 0 Å². The summed E-state index contributed by atoms with van der Waals surface area (Å²) < 4.78 is 28.5. The molecule has 7 nitrogen and oxygen atoms in total. The molecule has 0 aliphatic rings. The fourth-order valence-corrected chi connectivity index (χ4v) is 4.23. The summed E-state index contributed by atoms with van der Waals surface area (Å²) in [6, 6.07) is 0. The van der Waals surface area contributed by atoms with Gasteiger partial charge in [-0.25, -0.2) is 18.1 Å². The summed E-state index contributed by atoms with van der Waals surface area (Å²) in [5, 5.41) is 1.73. The highest BCUT2D eigenvalue weighted by atomic mass is 32.2. The van der Waals surface area contributed by atoms with Crippen molar-refractivity contribution in [2.45, 2.75) is 11.6 Å². The van der Waals surface area contributed by atoms with Gasteiger partial charge in [0.25, 0.3) is 10.0 Å². The van der Waals surface area contributed by atoms with Crippen molar-refractivity contribution in [1.29, 1.82) is 0 Å². The largest absolute Gasteiger partial charge is 0.381 e. The topological polar surface area (TPSA) is 102 Å². The van der Waals surface area contributed by atoms with Crippen molar-refractivity contribution in [3.63, 3.8) is 0 Å². The van der Waals surface area contributed by atoms with Crippen molar-refractivity contribution in [2.75, 3.05) is 5.73 Å². The molecule has 0 atom stereocenters. The Balaban J connectivity index is 1.95. The van der Waals surface area contributed by atoms with Crippen LogP contribution in [0.5, 0.6) is 0 Å². The molecule has 0 aromatic carbocycles. The molecule has 0 saturated carbocycles. The monoisotopic (exact) mass is 315 g/mol. The molecule has 0 aliphatic heterocycles. The lowest BCUT2D eigenvalue weighted by Gasteiger charge is -2.04. The van der Waals surface area contributed by atoms with E-state index in [0.717, 1.165) is 4.88 Å². The number of sulfonamides is 1. The maximum Gasteiger partial charge on any atom is 0.260 e. The lowest BCUT2D eigenvalue weighted by atomic mass is 10.6. The van der Waals surface area contributed by atoms with E-state index in [1.54, 1.807) is 23.3 Å². The quantitative estimate of drug-likeness (QED) is 0.745. The van der Waals surface area contributed by atoms with Gasteiger partial charge >= 0.3 is 0 Å². The minimum absolute atomic E-state index is 0.00338. The van der Waals surface area contributed by atoms with Gasteiger partial charge in [-0.15, -0.1) is 22.7 Å². The van der Waals surface area contributed by atoms with Crippen LogP contribution >= 0.6 is 22.7 Å². The molecular formula is C9H9N5O2S3.